The van der Waals surface area contributed by atoms with Gasteiger partial charge in [0.25, 0.3) is 0 Å². The summed E-state index contributed by atoms with van der Waals surface area (Å²) < 4.78 is 0. The van der Waals surface area contributed by atoms with Crippen molar-refractivity contribution in [2.45, 2.75) is 33.6 Å². The molecular weight excluding hydrogens is 247 g/mol. The fourth-order valence-corrected chi connectivity index (χ4v) is 1.19. The molecule has 0 heterocycles. The maximum Gasteiger partial charge on any atom is 2.00 e. The molecule has 0 aromatic rings. The Labute approximate surface area is 107 Å². The minimum Gasteiger partial charge on any atom is -0.273 e. The summed E-state index contributed by atoms with van der Waals surface area (Å²) in [5.41, 5.74) is 4.25. The quantitative estimate of drug-likeness (QED) is 0.584. The van der Waals surface area contributed by atoms with Crippen LogP contribution in [0.1, 0.15) is 33.6 Å². The first-order valence-electron chi connectivity index (χ1n) is 4.67. The van der Waals surface area contributed by atoms with Crippen molar-refractivity contribution in [3.05, 3.63) is 47.1 Å². The molecule has 0 atom stereocenters. The molecule has 0 radical (unpaired) electrons. The first kappa shape index (κ1) is 13.8. The van der Waals surface area contributed by atoms with Gasteiger partial charge in [-0.05, 0) is 0 Å². The fourth-order valence-electron chi connectivity index (χ4n) is 1.19. The minimum atomic E-state index is 0. The second kappa shape index (κ2) is 7.18. The molecule has 0 nitrogen and oxygen atoms in total. The summed E-state index contributed by atoms with van der Waals surface area (Å²) in [7, 11) is 0. The molecule has 2 rings (SSSR count). The average Bonchev–Trinajstić information content (AvgIpc) is 2.75. The van der Waals surface area contributed by atoms with Crippen molar-refractivity contribution < 1.29 is 26.2 Å². The second-order valence-electron chi connectivity index (χ2n) is 3.39. The molecule has 0 N–H and O–H groups in total. The molecule has 0 spiro atoms. The SMILES string of the molecule is CC1=[C-]CC(C)=C1C.[C-]1=CC=CC1.[Zr+2]. The molecule has 0 bridgehead atoms. The summed E-state index contributed by atoms with van der Waals surface area (Å²) >= 11 is 0. The summed E-state index contributed by atoms with van der Waals surface area (Å²) in [5, 5.41) is 0. The number of allylic oxidation sites excluding steroid dienone is 8. The van der Waals surface area contributed by atoms with Crippen molar-refractivity contribution >= 4 is 0 Å². The third-order valence-electron chi connectivity index (χ3n) is 2.41. The molecule has 0 unspecified atom stereocenters. The summed E-state index contributed by atoms with van der Waals surface area (Å²) in [4.78, 5) is 0. The van der Waals surface area contributed by atoms with Crippen LogP contribution in [0, 0.1) is 12.2 Å². The van der Waals surface area contributed by atoms with E-state index in [-0.39, 0.29) is 26.2 Å². The Morgan fingerprint density at radius 2 is 1.93 bits per heavy atom. The van der Waals surface area contributed by atoms with Gasteiger partial charge in [-0.25, -0.2) is 17.7 Å². The van der Waals surface area contributed by atoms with Crippen LogP contribution >= 0.6 is 0 Å². The maximum atomic E-state index is 3.26. The van der Waals surface area contributed by atoms with Gasteiger partial charge in [0, 0.05) is 0 Å². The van der Waals surface area contributed by atoms with Gasteiger partial charge in [-0.2, -0.15) is 17.2 Å². The standard InChI is InChI=1S/C8H11.C5H5.Zr/c1-6-4-5-7(2)8(6)3;1-2-4-5-3-1;/h4H2,1-3H3;1-3H,4H2;/q2*-1;+2. The van der Waals surface area contributed by atoms with Gasteiger partial charge in [0.05, 0.1) is 0 Å². The van der Waals surface area contributed by atoms with E-state index < -0.39 is 0 Å². The van der Waals surface area contributed by atoms with Crippen molar-refractivity contribution in [2.75, 3.05) is 0 Å². The Balaban J connectivity index is 0.000000246. The summed E-state index contributed by atoms with van der Waals surface area (Å²) in [6.45, 7) is 6.44. The molecule has 1 heteroatoms. The Hall–Kier alpha value is -0.157. The number of hydrogen-bond donors (Lipinski definition) is 0. The molecule has 0 saturated carbocycles. The summed E-state index contributed by atoms with van der Waals surface area (Å²) in [5.74, 6) is 0. The minimum absolute atomic E-state index is 0. The van der Waals surface area contributed by atoms with Gasteiger partial charge in [-0.3, -0.25) is 12.2 Å². The molecule has 2 aliphatic carbocycles. The first-order valence-corrected chi connectivity index (χ1v) is 4.67. The van der Waals surface area contributed by atoms with Gasteiger partial charge in [-0.1, -0.05) is 13.8 Å². The van der Waals surface area contributed by atoms with Gasteiger partial charge < -0.3 is 0 Å². The zero-order valence-electron chi connectivity index (χ0n) is 9.15. The Morgan fingerprint density at radius 3 is 2.07 bits per heavy atom. The van der Waals surface area contributed by atoms with Crippen molar-refractivity contribution in [3.63, 3.8) is 0 Å². The molecule has 72 valence electrons. The Kier molecular flexibility index (Phi) is 7.10. The van der Waals surface area contributed by atoms with E-state index in [2.05, 4.69) is 39.0 Å². The second-order valence-corrected chi connectivity index (χ2v) is 3.39. The fraction of sp³-hybridized carbons (Fsp3) is 0.385. The van der Waals surface area contributed by atoms with E-state index >= 15 is 0 Å². The van der Waals surface area contributed by atoms with Crippen LogP contribution in [-0.2, 0) is 26.2 Å². The van der Waals surface area contributed by atoms with Crippen LogP contribution in [0.5, 0.6) is 0 Å². The third kappa shape index (κ3) is 4.37. The molecule has 2 aliphatic rings. The Bertz CT molecular complexity index is 275. The van der Waals surface area contributed by atoms with Gasteiger partial charge >= 0.3 is 26.2 Å². The molecule has 0 saturated heterocycles. The van der Waals surface area contributed by atoms with Crippen molar-refractivity contribution in [1.29, 1.82) is 0 Å². The van der Waals surface area contributed by atoms with Gasteiger partial charge in [0.15, 0.2) is 0 Å². The molecule has 14 heavy (non-hydrogen) atoms. The van der Waals surface area contributed by atoms with E-state index in [1.165, 1.54) is 16.7 Å². The van der Waals surface area contributed by atoms with Crippen LogP contribution in [0.2, 0.25) is 0 Å². The van der Waals surface area contributed by atoms with Gasteiger partial charge in [-0.15, -0.1) is 19.8 Å². The van der Waals surface area contributed by atoms with E-state index in [1.54, 1.807) is 0 Å². The Morgan fingerprint density at radius 1 is 1.21 bits per heavy atom. The maximum absolute atomic E-state index is 3.26. The molecule has 0 fully saturated rings. The predicted octanol–water partition coefficient (Wildman–Crippen LogP) is 3.78. The molecule has 0 aromatic heterocycles. The topological polar surface area (TPSA) is 0 Å². The summed E-state index contributed by atoms with van der Waals surface area (Å²) in [6, 6.07) is 0. The van der Waals surface area contributed by atoms with E-state index in [9.17, 15) is 0 Å². The molecule has 0 amide bonds. The van der Waals surface area contributed by atoms with Crippen LogP contribution in [0.3, 0.4) is 0 Å². The predicted molar refractivity (Wildman–Crippen MR) is 57.0 cm³/mol. The van der Waals surface area contributed by atoms with E-state index in [0.717, 1.165) is 12.8 Å². The molecule has 0 aromatic carbocycles. The zero-order chi connectivity index (χ0) is 9.68. The van der Waals surface area contributed by atoms with E-state index in [0.29, 0.717) is 0 Å². The van der Waals surface area contributed by atoms with Crippen LogP contribution in [-0.4, -0.2) is 0 Å². The third-order valence-corrected chi connectivity index (χ3v) is 2.41. The van der Waals surface area contributed by atoms with Crippen LogP contribution in [0.15, 0.2) is 34.9 Å². The van der Waals surface area contributed by atoms with Crippen molar-refractivity contribution in [1.82, 2.24) is 0 Å². The largest absolute Gasteiger partial charge is 2.00 e. The molecular formula is C13H16Zr. The van der Waals surface area contributed by atoms with Gasteiger partial charge in [0.2, 0.25) is 0 Å². The number of rotatable bonds is 0. The van der Waals surface area contributed by atoms with Crippen LogP contribution < -0.4 is 0 Å². The van der Waals surface area contributed by atoms with Crippen molar-refractivity contribution in [2.24, 2.45) is 0 Å². The van der Waals surface area contributed by atoms with Gasteiger partial charge in [0.1, 0.15) is 0 Å². The smallest absolute Gasteiger partial charge is 0.273 e. The normalized spacial score (nSPS) is 17.5. The van der Waals surface area contributed by atoms with Crippen LogP contribution in [0.25, 0.3) is 0 Å². The summed E-state index contributed by atoms with van der Waals surface area (Å²) in [6.07, 6.45) is 14.3. The first-order chi connectivity index (χ1) is 6.22. The van der Waals surface area contributed by atoms with E-state index in [1.807, 2.05) is 12.2 Å². The zero-order valence-corrected chi connectivity index (χ0v) is 11.6. The monoisotopic (exact) mass is 262 g/mol. The average molecular weight is 263 g/mol. The van der Waals surface area contributed by atoms with E-state index in [4.69, 9.17) is 0 Å². The molecule has 0 aliphatic heterocycles. The number of hydrogen-bond acceptors (Lipinski definition) is 0. The van der Waals surface area contributed by atoms with Crippen LogP contribution in [0.4, 0.5) is 0 Å². The van der Waals surface area contributed by atoms with Crippen molar-refractivity contribution in [3.8, 4) is 0 Å².